The summed E-state index contributed by atoms with van der Waals surface area (Å²) in [4.78, 5) is 6.82. The lowest BCUT2D eigenvalue weighted by atomic mass is 10.1. The second-order valence-electron chi connectivity index (χ2n) is 5.19. The average Bonchev–Trinajstić information content (AvgIpc) is 2.92. The van der Waals surface area contributed by atoms with Gasteiger partial charge in [-0.15, -0.1) is 24.0 Å². The summed E-state index contributed by atoms with van der Waals surface area (Å²) in [7, 11) is 1.85. The van der Waals surface area contributed by atoms with Gasteiger partial charge in [0, 0.05) is 26.2 Å². The fraction of sp³-hybridized carbons (Fsp3) is 0.786. The van der Waals surface area contributed by atoms with E-state index in [0.717, 1.165) is 31.9 Å². The number of likely N-dealkylation sites (tertiary alicyclic amines) is 1. The summed E-state index contributed by atoms with van der Waals surface area (Å²) in [6.45, 7) is 4.64. The molecule has 0 radical (unpaired) electrons. The van der Waals surface area contributed by atoms with E-state index >= 15 is 0 Å². The molecule has 19 heavy (non-hydrogen) atoms. The van der Waals surface area contributed by atoms with E-state index in [1.54, 1.807) is 0 Å². The number of hydrogen-bond acceptors (Lipinski definition) is 2. The van der Waals surface area contributed by atoms with E-state index in [9.17, 15) is 0 Å². The minimum Gasteiger partial charge on any atom is -0.355 e. The molecular weight excluding hydrogens is 351 g/mol. The fourth-order valence-electron chi connectivity index (χ4n) is 2.64. The first kappa shape index (κ1) is 16.8. The molecule has 0 amide bonds. The zero-order valence-corrected chi connectivity index (χ0v) is 14.2. The van der Waals surface area contributed by atoms with Crippen LogP contribution >= 0.6 is 24.0 Å². The first-order chi connectivity index (χ1) is 8.88. The number of guanidine groups is 1. The highest BCUT2D eigenvalue weighted by Crippen LogP contribution is 2.09. The normalized spacial score (nSPS) is 21.2. The number of nitrogens with one attached hydrogen (secondary N) is 2. The van der Waals surface area contributed by atoms with Gasteiger partial charge in [-0.05, 0) is 38.8 Å². The molecule has 0 spiro atoms. The van der Waals surface area contributed by atoms with E-state index in [1.165, 1.54) is 32.4 Å². The van der Waals surface area contributed by atoms with Crippen molar-refractivity contribution in [3.8, 4) is 0 Å². The third kappa shape index (κ3) is 6.12. The van der Waals surface area contributed by atoms with Gasteiger partial charge in [0.2, 0.25) is 0 Å². The number of piperidine rings is 1. The molecule has 4 nitrogen and oxygen atoms in total. The van der Waals surface area contributed by atoms with Crippen molar-refractivity contribution in [2.24, 2.45) is 4.99 Å². The summed E-state index contributed by atoms with van der Waals surface area (Å²) in [5.41, 5.74) is 0. The zero-order valence-electron chi connectivity index (χ0n) is 11.9. The molecule has 0 saturated carbocycles. The third-order valence-corrected chi connectivity index (χ3v) is 3.74. The van der Waals surface area contributed by atoms with Crippen LogP contribution in [-0.4, -0.2) is 50.1 Å². The molecule has 1 aliphatic carbocycles. The minimum absolute atomic E-state index is 0. The molecule has 5 heteroatoms. The van der Waals surface area contributed by atoms with Crippen molar-refractivity contribution in [2.45, 2.75) is 38.1 Å². The van der Waals surface area contributed by atoms with Gasteiger partial charge >= 0.3 is 0 Å². The van der Waals surface area contributed by atoms with Crippen LogP contribution in [0.3, 0.4) is 0 Å². The van der Waals surface area contributed by atoms with Crippen molar-refractivity contribution in [1.29, 1.82) is 0 Å². The van der Waals surface area contributed by atoms with E-state index in [1.807, 2.05) is 7.05 Å². The lowest BCUT2D eigenvalue weighted by Crippen LogP contribution is -2.45. The van der Waals surface area contributed by atoms with E-state index in [2.05, 4.69) is 32.7 Å². The summed E-state index contributed by atoms with van der Waals surface area (Å²) in [5, 5.41) is 6.87. The van der Waals surface area contributed by atoms with E-state index in [-0.39, 0.29) is 24.0 Å². The smallest absolute Gasteiger partial charge is 0.191 e. The van der Waals surface area contributed by atoms with Crippen LogP contribution in [0.15, 0.2) is 17.1 Å². The average molecular weight is 378 g/mol. The van der Waals surface area contributed by atoms with Gasteiger partial charge in [-0.2, -0.15) is 0 Å². The Hall–Kier alpha value is -0.300. The molecule has 0 aromatic carbocycles. The van der Waals surface area contributed by atoms with Gasteiger partial charge in [-0.1, -0.05) is 18.6 Å². The number of aliphatic imine (C=N–C) groups is 1. The number of nitrogens with zero attached hydrogens (tertiary/aromatic N) is 2. The van der Waals surface area contributed by atoms with Crippen LogP contribution in [0.2, 0.25) is 0 Å². The Morgan fingerprint density at radius 2 is 1.89 bits per heavy atom. The maximum Gasteiger partial charge on any atom is 0.191 e. The highest BCUT2D eigenvalue weighted by atomic mass is 127. The van der Waals surface area contributed by atoms with E-state index in [4.69, 9.17) is 0 Å². The molecule has 0 bridgehead atoms. The molecule has 1 heterocycles. The van der Waals surface area contributed by atoms with Crippen LogP contribution in [-0.2, 0) is 0 Å². The molecule has 0 aromatic rings. The van der Waals surface area contributed by atoms with Gasteiger partial charge in [0.25, 0.3) is 0 Å². The Morgan fingerprint density at radius 1 is 1.21 bits per heavy atom. The van der Waals surface area contributed by atoms with Crippen molar-refractivity contribution < 1.29 is 0 Å². The quantitative estimate of drug-likeness (QED) is 0.340. The molecular formula is C14H27IN4. The zero-order chi connectivity index (χ0) is 12.6. The van der Waals surface area contributed by atoms with Crippen LogP contribution < -0.4 is 10.6 Å². The first-order valence-electron chi connectivity index (χ1n) is 7.23. The van der Waals surface area contributed by atoms with Crippen molar-refractivity contribution in [3.05, 3.63) is 12.2 Å². The predicted molar refractivity (Wildman–Crippen MR) is 92.4 cm³/mol. The standard InChI is InChI=1S/C14H26N4.HI/c1-15-14(17-13-7-3-4-8-13)16-9-12-18-10-5-2-6-11-18;/h3-4,13H,2,5-12H2,1H3,(H2,15,16,17);1H. The third-order valence-electron chi connectivity index (χ3n) is 3.74. The molecule has 2 rings (SSSR count). The maximum absolute atomic E-state index is 4.28. The van der Waals surface area contributed by atoms with Crippen molar-refractivity contribution in [1.82, 2.24) is 15.5 Å². The molecule has 110 valence electrons. The summed E-state index contributed by atoms with van der Waals surface area (Å²) < 4.78 is 0. The minimum atomic E-state index is 0. The lowest BCUT2D eigenvalue weighted by Gasteiger charge is -2.27. The Labute approximate surface area is 134 Å². The largest absolute Gasteiger partial charge is 0.355 e. The summed E-state index contributed by atoms with van der Waals surface area (Å²) in [6, 6.07) is 0.534. The van der Waals surface area contributed by atoms with Crippen LogP contribution in [0, 0.1) is 0 Å². The molecule has 2 aliphatic rings. The van der Waals surface area contributed by atoms with Gasteiger partial charge in [0.1, 0.15) is 0 Å². The molecule has 1 aliphatic heterocycles. The lowest BCUT2D eigenvalue weighted by molar-refractivity contribution is 0.232. The predicted octanol–water partition coefficient (Wildman–Crippen LogP) is 1.97. The van der Waals surface area contributed by atoms with Gasteiger partial charge < -0.3 is 15.5 Å². The Bertz CT molecular complexity index is 290. The van der Waals surface area contributed by atoms with Gasteiger partial charge in [-0.3, -0.25) is 4.99 Å². The fourth-order valence-corrected chi connectivity index (χ4v) is 2.64. The van der Waals surface area contributed by atoms with Crippen molar-refractivity contribution in [3.63, 3.8) is 0 Å². The molecule has 0 atom stereocenters. The molecule has 0 unspecified atom stereocenters. The second-order valence-corrected chi connectivity index (χ2v) is 5.19. The van der Waals surface area contributed by atoms with E-state index in [0.29, 0.717) is 6.04 Å². The number of halogens is 1. The summed E-state index contributed by atoms with van der Waals surface area (Å²) >= 11 is 0. The Kier molecular flexibility index (Phi) is 8.45. The SMILES string of the molecule is CN=C(NCCN1CCCCC1)NC1CC=CC1.I. The molecule has 0 aromatic heterocycles. The Balaban J connectivity index is 0.00000180. The van der Waals surface area contributed by atoms with Crippen LogP contribution in [0.1, 0.15) is 32.1 Å². The molecule has 1 saturated heterocycles. The van der Waals surface area contributed by atoms with Crippen LogP contribution in [0.25, 0.3) is 0 Å². The topological polar surface area (TPSA) is 39.7 Å². The van der Waals surface area contributed by atoms with Gasteiger partial charge in [0.15, 0.2) is 5.96 Å². The summed E-state index contributed by atoms with van der Waals surface area (Å²) in [6.07, 6.45) is 10.8. The Morgan fingerprint density at radius 3 is 2.53 bits per heavy atom. The number of hydrogen-bond donors (Lipinski definition) is 2. The first-order valence-corrected chi connectivity index (χ1v) is 7.23. The van der Waals surface area contributed by atoms with Crippen LogP contribution in [0.5, 0.6) is 0 Å². The highest BCUT2D eigenvalue weighted by Gasteiger charge is 2.12. The second kappa shape index (κ2) is 9.58. The van der Waals surface area contributed by atoms with Gasteiger partial charge in [0.05, 0.1) is 0 Å². The van der Waals surface area contributed by atoms with Crippen molar-refractivity contribution >= 4 is 29.9 Å². The van der Waals surface area contributed by atoms with Gasteiger partial charge in [-0.25, -0.2) is 0 Å². The monoisotopic (exact) mass is 378 g/mol. The summed E-state index contributed by atoms with van der Waals surface area (Å²) in [5.74, 6) is 0.945. The number of rotatable bonds is 4. The van der Waals surface area contributed by atoms with Crippen molar-refractivity contribution in [2.75, 3.05) is 33.2 Å². The molecule has 2 N–H and O–H groups in total. The highest BCUT2D eigenvalue weighted by molar-refractivity contribution is 14.0. The van der Waals surface area contributed by atoms with Crippen LogP contribution in [0.4, 0.5) is 0 Å². The maximum atomic E-state index is 4.28. The molecule has 1 fully saturated rings. The van der Waals surface area contributed by atoms with E-state index < -0.39 is 0 Å².